The average Bonchev–Trinajstić information content (AvgIpc) is 3.18. The average molecular weight is 743 g/mol. The van der Waals surface area contributed by atoms with E-state index in [1.807, 2.05) is 0 Å². The van der Waals surface area contributed by atoms with Crippen LogP contribution < -0.4 is 9.47 Å². The van der Waals surface area contributed by atoms with Crippen molar-refractivity contribution in [3.63, 3.8) is 0 Å². The first-order valence-electron chi connectivity index (χ1n) is 17.4. The van der Waals surface area contributed by atoms with Gasteiger partial charge in [-0.2, -0.15) is 0 Å². The van der Waals surface area contributed by atoms with Gasteiger partial charge < -0.3 is 23.7 Å². The lowest BCUT2D eigenvalue weighted by Crippen LogP contribution is -2.15. The van der Waals surface area contributed by atoms with Crippen LogP contribution >= 0.6 is 0 Å². The molecule has 280 valence electrons. The fraction of sp³-hybridized carbons (Fsp3) is 0.182. The number of ketones is 1. The maximum atomic E-state index is 12.8. The summed E-state index contributed by atoms with van der Waals surface area (Å²) in [6.07, 6.45) is 1.35. The smallest absolute Gasteiger partial charge is 0.374 e. The fourth-order valence-corrected chi connectivity index (χ4v) is 5.18. The molecular weight excluding hydrogens is 704 g/mol. The zero-order chi connectivity index (χ0) is 39.3. The number of hydrogen-bond donors (Lipinski definition) is 0. The summed E-state index contributed by atoms with van der Waals surface area (Å²) in [6.45, 7) is 6.68. The Labute approximate surface area is 317 Å². The van der Waals surface area contributed by atoms with Crippen molar-refractivity contribution < 1.29 is 52.5 Å². The maximum absolute atomic E-state index is 12.8. The number of esters is 5. The Hall–Kier alpha value is -6.88. The van der Waals surface area contributed by atoms with E-state index in [4.69, 9.17) is 23.7 Å². The molecule has 0 bridgehead atoms. The molecule has 5 aromatic carbocycles. The predicted molar refractivity (Wildman–Crippen MR) is 202 cm³/mol. The van der Waals surface area contributed by atoms with Crippen molar-refractivity contribution in [3.8, 4) is 11.5 Å². The SMILES string of the molecule is C=C(C)C(=O)OCCc1ccc(C(=O)Oc2ccc(CCOC(=O)c3ccc4cc(OC(=O)c5ccc(CCOC(=O)C(C)=O)cc5)ccc4c3)cc2)cc1. The summed E-state index contributed by atoms with van der Waals surface area (Å²) in [5.74, 6) is -2.83. The highest BCUT2D eigenvalue weighted by Gasteiger charge is 2.14. The van der Waals surface area contributed by atoms with Gasteiger partial charge >= 0.3 is 29.8 Å². The number of carbonyl (C=O) groups is 6. The second-order valence-electron chi connectivity index (χ2n) is 12.5. The molecule has 0 N–H and O–H groups in total. The Balaban J connectivity index is 1.05. The molecule has 0 saturated carbocycles. The second kappa shape index (κ2) is 18.7. The van der Waals surface area contributed by atoms with Crippen LogP contribution in [-0.4, -0.2) is 55.5 Å². The molecule has 5 aromatic rings. The summed E-state index contributed by atoms with van der Waals surface area (Å²) in [6, 6.07) is 30.6. The Kier molecular flexibility index (Phi) is 13.4. The van der Waals surface area contributed by atoms with E-state index in [1.165, 1.54) is 0 Å². The Bertz CT molecular complexity index is 2220. The van der Waals surface area contributed by atoms with Gasteiger partial charge in [-0.15, -0.1) is 0 Å². The quantitative estimate of drug-likeness (QED) is 0.0338. The molecule has 0 aliphatic carbocycles. The molecule has 0 radical (unpaired) electrons. The number of rotatable bonds is 16. The number of Topliss-reactive ketones (excluding diaryl/α,β-unsaturated/α-hetero) is 1. The van der Waals surface area contributed by atoms with E-state index < -0.39 is 35.6 Å². The Morgan fingerprint density at radius 3 is 1.40 bits per heavy atom. The number of carbonyl (C=O) groups excluding carboxylic acids is 6. The molecule has 0 amide bonds. The first kappa shape index (κ1) is 39.3. The summed E-state index contributed by atoms with van der Waals surface area (Å²) >= 11 is 0. The standard InChI is InChI=1S/C44H38O11/c1-28(2)40(46)51-23-20-30-4-10-33(11-5-30)43(49)54-38-17-8-32(9-18-38)22-25-53-42(48)37-15-14-36-27-39(19-16-35(36)26-37)55-44(50)34-12-6-31(7-13-34)21-24-52-41(47)29(3)45/h4-19,26-27H,1,20-25H2,2-3H3. The summed E-state index contributed by atoms with van der Waals surface area (Å²) in [5.41, 5.74) is 4.03. The number of hydrogen-bond acceptors (Lipinski definition) is 11. The highest BCUT2D eigenvalue weighted by atomic mass is 16.5. The monoisotopic (exact) mass is 742 g/mol. The third kappa shape index (κ3) is 11.6. The van der Waals surface area contributed by atoms with Crippen molar-refractivity contribution in [1.29, 1.82) is 0 Å². The second-order valence-corrected chi connectivity index (χ2v) is 12.5. The van der Waals surface area contributed by atoms with Crippen LogP contribution in [0.4, 0.5) is 0 Å². The molecule has 5 rings (SSSR count). The lowest BCUT2D eigenvalue weighted by atomic mass is 10.1. The van der Waals surface area contributed by atoms with E-state index in [1.54, 1.807) is 116 Å². The van der Waals surface area contributed by atoms with Crippen molar-refractivity contribution in [2.24, 2.45) is 0 Å². The van der Waals surface area contributed by atoms with Crippen LogP contribution in [0.2, 0.25) is 0 Å². The molecule has 0 atom stereocenters. The third-order valence-corrected chi connectivity index (χ3v) is 8.28. The summed E-state index contributed by atoms with van der Waals surface area (Å²) in [7, 11) is 0. The van der Waals surface area contributed by atoms with E-state index in [-0.39, 0.29) is 19.8 Å². The topological polar surface area (TPSA) is 149 Å². The molecule has 0 heterocycles. The molecule has 0 aliphatic heterocycles. The normalized spacial score (nSPS) is 10.6. The zero-order valence-electron chi connectivity index (χ0n) is 30.3. The maximum Gasteiger partial charge on any atom is 0.374 e. The minimum absolute atomic E-state index is 0.0511. The van der Waals surface area contributed by atoms with Gasteiger partial charge in [0.05, 0.1) is 36.5 Å². The van der Waals surface area contributed by atoms with Crippen LogP contribution in [0.5, 0.6) is 11.5 Å². The van der Waals surface area contributed by atoms with Crippen molar-refractivity contribution in [2.45, 2.75) is 33.1 Å². The van der Waals surface area contributed by atoms with Crippen molar-refractivity contribution >= 4 is 46.4 Å². The summed E-state index contributed by atoms with van der Waals surface area (Å²) in [4.78, 5) is 72.0. The van der Waals surface area contributed by atoms with Gasteiger partial charge in [0.2, 0.25) is 5.78 Å². The van der Waals surface area contributed by atoms with Gasteiger partial charge in [0.1, 0.15) is 11.5 Å². The van der Waals surface area contributed by atoms with Gasteiger partial charge in [-0.3, -0.25) is 4.79 Å². The van der Waals surface area contributed by atoms with Gasteiger partial charge in [0, 0.05) is 31.8 Å². The third-order valence-electron chi connectivity index (χ3n) is 8.28. The van der Waals surface area contributed by atoms with Crippen LogP contribution in [-0.2, 0) is 47.9 Å². The van der Waals surface area contributed by atoms with Gasteiger partial charge in [-0.05, 0) is 95.1 Å². The van der Waals surface area contributed by atoms with Gasteiger partial charge in [-0.25, -0.2) is 24.0 Å². The van der Waals surface area contributed by atoms with Gasteiger partial charge in [0.25, 0.3) is 0 Å². The zero-order valence-corrected chi connectivity index (χ0v) is 30.3. The van der Waals surface area contributed by atoms with Crippen LogP contribution in [0.25, 0.3) is 10.8 Å². The van der Waals surface area contributed by atoms with Crippen molar-refractivity contribution in [2.75, 3.05) is 19.8 Å². The van der Waals surface area contributed by atoms with Gasteiger partial charge in [-0.1, -0.05) is 55.1 Å². The van der Waals surface area contributed by atoms with E-state index in [0.717, 1.165) is 34.4 Å². The molecule has 11 heteroatoms. The highest BCUT2D eigenvalue weighted by molar-refractivity contribution is 6.32. The lowest BCUT2D eigenvalue weighted by Gasteiger charge is -2.09. The predicted octanol–water partition coefficient (Wildman–Crippen LogP) is 7.01. The molecule has 0 aliphatic rings. The Morgan fingerprint density at radius 1 is 0.455 bits per heavy atom. The van der Waals surface area contributed by atoms with Gasteiger partial charge in [0.15, 0.2) is 0 Å². The molecule has 0 unspecified atom stereocenters. The van der Waals surface area contributed by atoms with E-state index in [0.29, 0.717) is 53.0 Å². The molecule has 0 aromatic heterocycles. The van der Waals surface area contributed by atoms with Crippen molar-refractivity contribution in [3.05, 3.63) is 155 Å². The molecular formula is C44H38O11. The van der Waals surface area contributed by atoms with E-state index in [9.17, 15) is 28.8 Å². The molecule has 0 fully saturated rings. The van der Waals surface area contributed by atoms with E-state index in [2.05, 4.69) is 6.58 Å². The Morgan fingerprint density at radius 2 is 0.873 bits per heavy atom. The van der Waals surface area contributed by atoms with Crippen LogP contribution in [0.1, 0.15) is 61.6 Å². The minimum atomic E-state index is -0.884. The molecule has 11 nitrogen and oxygen atoms in total. The first-order chi connectivity index (χ1) is 26.4. The van der Waals surface area contributed by atoms with Crippen LogP contribution in [0.15, 0.2) is 121 Å². The highest BCUT2D eigenvalue weighted by Crippen LogP contribution is 2.24. The van der Waals surface area contributed by atoms with Crippen molar-refractivity contribution in [1.82, 2.24) is 0 Å². The summed E-state index contributed by atoms with van der Waals surface area (Å²) in [5, 5.41) is 1.51. The lowest BCUT2D eigenvalue weighted by molar-refractivity contribution is -0.152. The minimum Gasteiger partial charge on any atom is -0.462 e. The fourth-order valence-electron chi connectivity index (χ4n) is 5.18. The van der Waals surface area contributed by atoms with Crippen LogP contribution in [0.3, 0.4) is 0 Å². The molecule has 0 saturated heterocycles. The van der Waals surface area contributed by atoms with Crippen LogP contribution in [0, 0.1) is 0 Å². The number of benzene rings is 5. The number of fused-ring (bicyclic) bond motifs is 1. The number of ether oxygens (including phenoxy) is 5. The molecule has 0 spiro atoms. The first-order valence-corrected chi connectivity index (χ1v) is 17.4. The molecule has 55 heavy (non-hydrogen) atoms. The largest absolute Gasteiger partial charge is 0.462 e. The summed E-state index contributed by atoms with van der Waals surface area (Å²) < 4.78 is 26.5. The van der Waals surface area contributed by atoms with E-state index >= 15 is 0 Å².